The van der Waals surface area contributed by atoms with Gasteiger partial charge in [-0.1, -0.05) is 27.7 Å². The van der Waals surface area contributed by atoms with E-state index in [2.05, 4.69) is 26.1 Å². The van der Waals surface area contributed by atoms with Gasteiger partial charge < -0.3 is 15.0 Å². The monoisotopic (exact) mass is 422 g/mol. The third-order valence-corrected chi connectivity index (χ3v) is 4.41. The standard InChI is InChI=1S/C22H38N4O4/c1-9-13-25(19(28)11-12-20(29)30-10-2)15-18(27)23-17-14-16(21(3,4)5)24-26(17)22(6,7)8/h14H,9-13,15H2,1-8H3,(H,23,27). The van der Waals surface area contributed by atoms with E-state index in [1.807, 2.05) is 33.8 Å². The predicted octanol–water partition coefficient (Wildman–Crippen LogP) is 3.46. The number of nitrogens with zero attached hydrogens (tertiary/aromatic N) is 3. The Balaban J connectivity index is 2.90. The van der Waals surface area contributed by atoms with E-state index in [1.54, 1.807) is 11.6 Å². The molecule has 0 unspecified atom stereocenters. The van der Waals surface area contributed by atoms with E-state index in [0.29, 0.717) is 18.8 Å². The summed E-state index contributed by atoms with van der Waals surface area (Å²) in [5.41, 5.74) is 0.404. The number of rotatable bonds is 9. The Morgan fingerprint density at radius 2 is 1.73 bits per heavy atom. The van der Waals surface area contributed by atoms with Gasteiger partial charge >= 0.3 is 5.97 Å². The maximum atomic E-state index is 12.7. The molecule has 0 spiro atoms. The van der Waals surface area contributed by atoms with Crippen LogP contribution in [0.5, 0.6) is 0 Å². The van der Waals surface area contributed by atoms with Gasteiger partial charge in [-0.2, -0.15) is 5.10 Å². The van der Waals surface area contributed by atoms with E-state index in [4.69, 9.17) is 9.84 Å². The Kier molecular flexibility index (Phi) is 9.06. The number of amides is 2. The van der Waals surface area contributed by atoms with E-state index in [1.165, 1.54) is 4.90 Å². The van der Waals surface area contributed by atoms with Gasteiger partial charge in [0.05, 0.1) is 30.8 Å². The first-order valence-electron chi connectivity index (χ1n) is 10.6. The minimum atomic E-state index is -0.407. The quantitative estimate of drug-likeness (QED) is 0.615. The summed E-state index contributed by atoms with van der Waals surface area (Å²) in [7, 11) is 0. The van der Waals surface area contributed by atoms with E-state index in [0.717, 1.165) is 5.69 Å². The molecular weight excluding hydrogens is 384 g/mol. The molecule has 0 aliphatic rings. The van der Waals surface area contributed by atoms with Crippen molar-refractivity contribution >= 4 is 23.6 Å². The topological polar surface area (TPSA) is 93.5 Å². The van der Waals surface area contributed by atoms with Gasteiger partial charge in [0.1, 0.15) is 5.82 Å². The zero-order chi connectivity index (χ0) is 23.1. The van der Waals surface area contributed by atoms with Crippen LogP contribution >= 0.6 is 0 Å². The summed E-state index contributed by atoms with van der Waals surface area (Å²) in [6, 6.07) is 1.88. The van der Waals surface area contributed by atoms with Crippen molar-refractivity contribution in [2.24, 2.45) is 0 Å². The van der Waals surface area contributed by atoms with E-state index < -0.39 is 5.97 Å². The lowest BCUT2D eigenvalue weighted by atomic mass is 9.92. The Morgan fingerprint density at radius 1 is 1.10 bits per heavy atom. The molecule has 8 heteroatoms. The number of carbonyl (C=O) groups is 3. The van der Waals surface area contributed by atoms with Crippen LogP contribution in [-0.4, -0.2) is 52.2 Å². The third-order valence-electron chi connectivity index (χ3n) is 4.41. The van der Waals surface area contributed by atoms with E-state index >= 15 is 0 Å². The number of anilines is 1. The molecule has 1 aromatic heterocycles. The number of esters is 1. The van der Waals surface area contributed by atoms with Crippen LogP contribution in [0.3, 0.4) is 0 Å². The molecule has 0 aliphatic carbocycles. The second-order valence-corrected chi connectivity index (χ2v) is 9.42. The SMILES string of the molecule is CCCN(CC(=O)Nc1cc(C(C)(C)C)nn1C(C)(C)C)C(=O)CCC(=O)OCC. The Morgan fingerprint density at radius 3 is 2.23 bits per heavy atom. The summed E-state index contributed by atoms with van der Waals surface area (Å²) in [4.78, 5) is 38.3. The number of ether oxygens (including phenoxy) is 1. The van der Waals surface area contributed by atoms with Gasteiger partial charge in [0, 0.05) is 24.4 Å². The van der Waals surface area contributed by atoms with Gasteiger partial charge in [-0.25, -0.2) is 4.68 Å². The smallest absolute Gasteiger partial charge is 0.306 e. The van der Waals surface area contributed by atoms with Crippen LogP contribution in [-0.2, 0) is 30.1 Å². The summed E-state index contributed by atoms with van der Waals surface area (Å²) in [6.45, 7) is 16.6. The second kappa shape index (κ2) is 10.6. The number of carbonyl (C=O) groups excluding carboxylic acids is 3. The van der Waals surface area contributed by atoms with Gasteiger partial charge in [-0.3, -0.25) is 14.4 Å². The highest BCUT2D eigenvalue weighted by atomic mass is 16.5. The van der Waals surface area contributed by atoms with Crippen molar-refractivity contribution in [1.29, 1.82) is 0 Å². The van der Waals surface area contributed by atoms with Crippen LogP contribution < -0.4 is 5.32 Å². The maximum Gasteiger partial charge on any atom is 0.306 e. The van der Waals surface area contributed by atoms with Crippen molar-refractivity contribution < 1.29 is 19.1 Å². The maximum absolute atomic E-state index is 12.7. The van der Waals surface area contributed by atoms with Crippen molar-refractivity contribution in [3.05, 3.63) is 11.8 Å². The molecule has 30 heavy (non-hydrogen) atoms. The van der Waals surface area contributed by atoms with Crippen molar-refractivity contribution in [3.8, 4) is 0 Å². The van der Waals surface area contributed by atoms with Crippen molar-refractivity contribution in [2.75, 3.05) is 25.0 Å². The lowest BCUT2D eigenvalue weighted by Crippen LogP contribution is -2.39. The summed E-state index contributed by atoms with van der Waals surface area (Å²) < 4.78 is 6.67. The minimum Gasteiger partial charge on any atom is -0.466 e. The Labute approximate surface area is 180 Å². The molecule has 0 bridgehead atoms. The van der Waals surface area contributed by atoms with Crippen LogP contribution in [0.4, 0.5) is 5.82 Å². The Bertz CT molecular complexity index is 741. The zero-order valence-electron chi connectivity index (χ0n) is 19.8. The van der Waals surface area contributed by atoms with Crippen LogP contribution in [0.15, 0.2) is 6.07 Å². The fraction of sp³-hybridized carbons (Fsp3) is 0.727. The van der Waals surface area contributed by atoms with Gasteiger partial charge in [-0.05, 0) is 34.1 Å². The predicted molar refractivity (Wildman–Crippen MR) is 117 cm³/mol. The minimum absolute atomic E-state index is 0.0141. The number of hydrogen-bond donors (Lipinski definition) is 1. The molecule has 1 heterocycles. The highest BCUT2D eigenvalue weighted by Crippen LogP contribution is 2.28. The fourth-order valence-corrected chi connectivity index (χ4v) is 2.87. The molecule has 0 aromatic carbocycles. The van der Waals surface area contributed by atoms with Crippen LogP contribution in [0.25, 0.3) is 0 Å². The first-order valence-corrected chi connectivity index (χ1v) is 10.6. The number of aromatic nitrogens is 2. The average Bonchev–Trinajstić information content (AvgIpc) is 3.04. The van der Waals surface area contributed by atoms with Gasteiger partial charge in [-0.15, -0.1) is 0 Å². The molecule has 0 saturated heterocycles. The molecule has 0 saturated carbocycles. The second-order valence-electron chi connectivity index (χ2n) is 9.42. The Hall–Kier alpha value is -2.38. The molecule has 170 valence electrons. The van der Waals surface area contributed by atoms with Crippen molar-refractivity contribution in [2.45, 2.75) is 85.6 Å². The number of hydrogen-bond acceptors (Lipinski definition) is 5. The summed E-state index contributed by atoms with van der Waals surface area (Å²) in [5.74, 6) is -0.332. The van der Waals surface area contributed by atoms with E-state index in [9.17, 15) is 14.4 Å². The first kappa shape index (κ1) is 25.7. The molecule has 1 rings (SSSR count). The van der Waals surface area contributed by atoms with Crippen LogP contribution in [0.2, 0.25) is 0 Å². The lowest BCUT2D eigenvalue weighted by molar-refractivity contribution is -0.145. The van der Waals surface area contributed by atoms with Crippen molar-refractivity contribution in [1.82, 2.24) is 14.7 Å². The molecule has 1 aromatic rings. The van der Waals surface area contributed by atoms with Gasteiger partial charge in [0.2, 0.25) is 11.8 Å². The average molecular weight is 423 g/mol. The van der Waals surface area contributed by atoms with Gasteiger partial charge in [0.15, 0.2) is 0 Å². The highest BCUT2D eigenvalue weighted by molar-refractivity contribution is 5.94. The zero-order valence-corrected chi connectivity index (χ0v) is 19.8. The molecule has 8 nitrogen and oxygen atoms in total. The number of nitrogens with one attached hydrogen (secondary N) is 1. The van der Waals surface area contributed by atoms with Gasteiger partial charge in [0.25, 0.3) is 0 Å². The third kappa shape index (κ3) is 7.80. The highest BCUT2D eigenvalue weighted by Gasteiger charge is 2.26. The molecular formula is C22H38N4O4. The summed E-state index contributed by atoms with van der Waals surface area (Å²) in [6.07, 6.45) is 0.757. The van der Waals surface area contributed by atoms with Crippen LogP contribution in [0.1, 0.15) is 80.3 Å². The first-order chi connectivity index (χ1) is 13.8. The summed E-state index contributed by atoms with van der Waals surface area (Å²) >= 11 is 0. The largest absolute Gasteiger partial charge is 0.466 e. The normalized spacial score (nSPS) is 11.9. The fourth-order valence-electron chi connectivity index (χ4n) is 2.87. The molecule has 0 aliphatic heterocycles. The molecule has 0 radical (unpaired) electrons. The summed E-state index contributed by atoms with van der Waals surface area (Å²) in [5, 5.41) is 7.61. The molecule has 2 amide bonds. The molecule has 0 fully saturated rings. The molecule has 1 N–H and O–H groups in total. The lowest BCUT2D eigenvalue weighted by Gasteiger charge is -2.24. The molecule has 0 atom stereocenters. The van der Waals surface area contributed by atoms with E-state index in [-0.39, 0.29) is 48.8 Å². The van der Waals surface area contributed by atoms with Crippen LogP contribution in [0, 0.1) is 0 Å². The van der Waals surface area contributed by atoms with Crippen molar-refractivity contribution in [3.63, 3.8) is 0 Å².